The monoisotopic (exact) mass is 409 g/mol. The van der Waals surface area contributed by atoms with E-state index in [1.54, 1.807) is 6.08 Å². The Balaban J connectivity index is 2.14. The van der Waals surface area contributed by atoms with Crippen LogP contribution in [0.1, 0.15) is 5.56 Å². The normalized spacial score (nSPS) is 11.1. The van der Waals surface area contributed by atoms with Crippen molar-refractivity contribution >= 4 is 28.8 Å². The second-order valence-corrected chi connectivity index (χ2v) is 7.35. The summed E-state index contributed by atoms with van der Waals surface area (Å²) < 4.78 is 3.36. The number of allylic oxidation sites excluding steroid dienone is 1. The van der Waals surface area contributed by atoms with Gasteiger partial charge in [-0.1, -0.05) is 59.6 Å². The molecule has 2 aromatic carbocycles. The van der Waals surface area contributed by atoms with E-state index in [1.165, 1.54) is 4.52 Å². The van der Waals surface area contributed by atoms with E-state index >= 15 is 0 Å². The summed E-state index contributed by atoms with van der Waals surface area (Å²) in [6, 6.07) is 15.0. The van der Waals surface area contributed by atoms with Crippen molar-refractivity contribution in [2.75, 3.05) is 0 Å². The van der Waals surface area contributed by atoms with Crippen LogP contribution in [0, 0.1) is 0 Å². The molecule has 2 heterocycles. The van der Waals surface area contributed by atoms with Crippen molar-refractivity contribution < 1.29 is 0 Å². The fourth-order valence-corrected chi connectivity index (χ4v) is 3.73. The van der Waals surface area contributed by atoms with Gasteiger partial charge in [0.15, 0.2) is 0 Å². The Kier molecular flexibility index (Phi) is 4.84. The molecule has 140 valence electrons. The molecule has 0 aliphatic rings. The second kappa shape index (κ2) is 7.30. The number of aromatic nitrogens is 3. The van der Waals surface area contributed by atoms with E-state index in [4.69, 9.17) is 23.2 Å². The predicted molar refractivity (Wildman–Crippen MR) is 115 cm³/mol. The molecular weight excluding hydrogens is 393 g/mol. The van der Waals surface area contributed by atoms with Gasteiger partial charge >= 0.3 is 0 Å². The Morgan fingerprint density at radius 2 is 1.82 bits per heavy atom. The van der Waals surface area contributed by atoms with E-state index in [1.807, 2.05) is 66.3 Å². The lowest BCUT2D eigenvalue weighted by Gasteiger charge is -2.09. The minimum Gasteiger partial charge on any atom is -0.335 e. The minimum absolute atomic E-state index is 0.165. The van der Waals surface area contributed by atoms with Gasteiger partial charge in [0.25, 0.3) is 5.56 Å². The molecule has 0 saturated heterocycles. The first-order valence-corrected chi connectivity index (χ1v) is 9.50. The zero-order valence-electron chi connectivity index (χ0n) is 15.2. The SMILES string of the molecule is C=CCc1cn(C)c2c(-c3ccc(Cl)cc3)c(-c3ccccc3Cl)nn2c1=O. The maximum Gasteiger partial charge on any atom is 0.277 e. The number of hydrogen-bond donors (Lipinski definition) is 0. The lowest BCUT2D eigenvalue weighted by atomic mass is 10.0. The van der Waals surface area contributed by atoms with Crippen LogP contribution in [0.4, 0.5) is 0 Å². The van der Waals surface area contributed by atoms with Crippen molar-refractivity contribution in [3.05, 3.63) is 93.3 Å². The van der Waals surface area contributed by atoms with Gasteiger partial charge in [0.2, 0.25) is 0 Å². The molecule has 4 nitrogen and oxygen atoms in total. The summed E-state index contributed by atoms with van der Waals surface area (Å²) in [7, 11) is 1.90. The number of aryl methyl sites for hydroxylation is 1. The number of halogens is 2. The van der Waals surface area contributed by atoms with Crippen molar-refractivity contribution in [3.63, 3.8) is 0 Å². The molecule has 0 fully saturated rings. The molecule has 0 aliphatic carbocycles. The Morgan fingerprint density at radius 3 is 2.50 bits per heavy atom. The van der Waals surface area contributed by atoms with E-state index in [9.17, 15) is 4.79 Å². The van der Waals surface area contributed by atoms with Gasteiger partial charge in [0, 0.05) is 29.4 Å². The van der Waals surface area contributed by atoms with Gasteiger partial charge in [-0.05, 0) is 30.2 Å². The smallest absolute Gasteiger partial charge is 0.277 e. The maximum absolute atomic E-state index is 13.0. The first kappa shape index (κ1) is 18.5. The van der Waals surface area contributed by atoms with Crippen LogP contribution in [0.15, 0.2) is 72.2 Å². The van der Waals surface area contributed by atoms with E-state index in [2.05, 4.69) is 11.7 Å². The van der Waals surface area contributed by atoms with Crippen molar-refractivity contribution in [3.8, 4) is 22.4 Å². The van der Waals surface area contributed by atoms with Crippen LogP contribution in [-0.4, -0.2) is 14.2 Å². The molecular formula is C22H17Cl2N3O. The number of fused-ring (bicyclic) bond motifs is 1. The third kappa shape index (κ3) is 3.05. The fraction of sp³-hybridized carbons (Fsp3) is 0.0909. The lowest BCUT2D eigenvalue weighted by molar-refractivity contribution is 0.805. The summed E-state index contributed by atoms with van der Waals surface area (Å²) in [5.41, 5.74) is 4.30. The zero-order chi connectivity index (χ0) is 19.8. The molecule has 0 saturated carbocycles. The molecule has 0 aliphatic heterocycles. The molecule has 0 radical (unpaired) electrons. The number of rotatable bonds is 4. The highest BCUT2D eigenvalue weighted by Gasteiger charge is 2.22. The van der Waals surface area contributed by atoms with Gasteiger partial charge in [-0.15, -0.1) is 6.58 Å². The summed E-state index contributed by atoms with van der Waals surface area (Å²) in [5.74, 6) is 0. The highest BCUT2D eigenvalue weighted by Crippen LogP contribution is 2.37. The molecule has 28 heavy (non-hydrogen) atoms. The summed E-state index contributed by atoms with van der Waals surface area (Å²) in [4.78, 5) is 13.0. The van der Waals surface area contributed by atoms with E-state index in [0.29, 0.717) is 33.4 Å². The minimum atomic E-state index is -0.165. The molecule has 0 bridgehead atoms. The van der Waals surface area contributed by atoms with Crippen LogP contribution in [0.25, 0.3) is 28.0 Å². The lowest BCUT2D eigenvalue weighted by Crippen LogP contribution is -2.21. The number of nitrogens with zero attached hydrogens (tertiary/aromatic N) is 3. The number of hydrogen-bond acceptors (Lipinski definition) is 2. The average molecular weight is 410 g/mol. The first-order valence-electron chi connectivity index (χ1n) is 8.74. The molecule has 0 N–H and O–H groups in total. The molecule has 0 amide bonds. The van der Waals surface area contributed by atoms with Gasteiger partial charge < -0.3 is 4.57 Å². The Hall–Kier alpha value is -2.82. The van der Waals surface area contributed by atoms with Crippen LogP contribution in [-0.2, 0) is 13.5 Å². The van der Waals surface area contributed by atoms with Gasteiger partial charge in [-0.3, -0.25) is 4.79 Å². The summed E-state index contributed by atoms with van der Waals surface area (Å²) in [6.45, 7) is 3.74. The average Bonchev–Trinajstić information content (AvgIpc) is 3.08. The number of benzene rings is 2. The first-order chi connectivity index (χ1) is 13.5. The van der Waals surface area contributed by atoms with Crippen molar-refractivity contribution in [2.45, 2.75) is 6.42 Å². The summed E-state index contributed by atoms with van der Waals surface area (Å²) in [6.07, 6.45) is 4.01. The van der Waals surface area contributed by atoms with Crippen LogP contribution in [0.2, 0.25) is 10.0 Å². The standard InChI is InChI=1S/C22H17Cl2N3O/c1-3-6-15-13-26(2)21-19(14-9-11-16(23)12-10-14)20(25-27(21)22(15)28)17-7-4-5-8-18(17)24/h3-5,7-13H,1,6H2,2H3. The van der Waals surface area contributed by atoms with Crippen molar-refractivity contribution in [1.29, 1.82) is 0 Å². The Labute approximate surface area is 172 Å². The third-order valence-corrected chi connectivity index (χ3v) is 5.22. The Morgan fingerprint density at radius 1 is 1.11 bits per heavy atom. The summed E-state index contributed by atoms with van der Waals surface area (Å²) in [5, 5.41) is 5.89. The quantitative estimate of drug-likeness (QED) is 0.423. The maximum atomic E-state index is 13.0. The van der Waals surface area contributed by atoms with Gasteiger partial charge in [-0.2, -0.15) is 9.61 Å². The topological polar surface area (TPSA) is 39.3 Å². The molecule has 0 unspecified atom stereocenters. The fourth-order valence-electron chi connectivity index (χ4n) is 3.38. The van der Waals surface area contributed by atoms with Crippen molar-refractivity contribution in [2.24, 2.45) is 7.05 Å². The predicted octanol–water partition coefficient (Wildman–Crippen LogP) is 5.40. The van der Waals surface area contributed by atoms with Crippen LogP contribution >= 0.6 is 23.2 Å². The molecule has 0 spiro atoms. The van der Waals surface area contributed by atoms with Crippen LogP contribution in [0.3, 0.4) is 0 Å². The highest BCUT2D eigenvalue weighted by atomic mass is 35.5. The Bertz CT molecular complexity index is 1250. The summed E-state index contributed by atoms with van der Waals surface area (Å²) >= 11 is 12.5. The molecule has 0 atom stereocenters. The zero-order valence-corrected chi connectivity index (χ0v) is 16.7. The second-order valence-electron chi connectivity index (χ2n) is 6.51. The van der Waals surface area contributed by atoms with Gasteiger partial charge in [-0.25, -0.2) is 0 Å². The van der Waals surface area contributed by atoms with Gasteiger partial charge in [0.05, 0.1) is 10.6 Å². The third-order valence-electron chi connectivity index (χ3n) is 4.64. The van der Waals surface area contributed by atoms with E-state index in [0.717, 1.165) is 16.7 Å². The van der Waals surface area contributed by atoms with Crippen LogP contribution < -0.4 is 5.56 Å². The largest absolute Gasteiger partial charge is 0.335 e. The molecule has 6 heteroatoms. The molecule has 2 aromatic heterocycles. The van der Waals surface area contributed by atoms with E-state index < -0.39 is 0 Å². The molecule has 4 rings (SSSR count). The molecule has 4 aromatic rings. The van der Waals surface area contributed by atoms with E-state index in [-0.39, 0.29) is 5.56 Å². The van der Waals surface area contributed by atoms with Crippen molar-refractivity contribution in [1.82, 2.24) is 14.2 Å². The van der Waals surface area contributed by atoms with Gasteiger partial charge in [0.1, 0.15) is 11.3 Å². The highest BCUT2D eigenvalue weighted by molar-refractivity contribution is 6.33. The van der Waals surface area contributed by atoms with Crippen LogP contribution in [0.5, 0.6) is 0 Å².